The summed E-state index contributed by atoms with van der Waals surface area (Å²) in [5.74, 6) is 1.77. The number of hydrogen-bond acceptors (Lipinski definition) is 3. The summed E-state index contributed by atoms with van der Waals surface area (Å²) in [5.41, 5.74) is 23.0. The average molecular weight is 1010 g/mol. The fourth-order valence-corrected chi connectivity index (χ4v) is 15.6. The maximum absolute atomic E-state index is 6.80. The van der Waals surface area contributed by atoms with Crippen molar-refractivity contribution >= 4 is 50.6 Å². The highest BCUT2D eigenvalue weighted by molar-refractivity contribution is 7.99. The summed E-state index contributed by atoms with van der Waals surface area (Å²) >= 11 is 1.88. The van der Waals surface area contributed by atoms with E-state index in [2.05, 4.69) is 289 Å². The third kappa shape index (κ3) is 5.74. The summed E-state index contributed by atoms with van der Waals surface area (Å²) in [5, 5.41) is 2.47. The minimum Gasteiger partial charge on any atom is -0.457 e. The lowest BCUT2D eigenvalue weighted by Gasteiger charge is -2.40. The van der Waals surface area contributed by atoms with Gasteiger partial charge in [0.2, 0.25) is 0 Å². The molecule has 364 valence electrons. The van der Waals surface area contributed by atoms with Gasteiger partial charge in [0, 0.05) is 54.2 Å². The molecule has 0 saturated carbocycles. The standard InChI is InChI=1S/C74H46N2OS/c1-2-20-49(21-3-1)75-63-33-13-6-22-51(63)54-46-48(42-45-64(54)75)47-40-43-50(44-41-47)76(65-34-18-31-61-71(65)52-23-4-7-25-55(52)73(61)57-27-9-14-36-67(57)77-68-37-15-10-28-58(68)73)66-35-19-32-62-72(66)53-24-5-8-26-56(53)74(62)59-29-11-16-38-69(59)78-70-39-17-12-30-60(70)74/h1-46H. The molecule has 0 unspecified atom stereocenters. The third-order valence-corrected chi connectivity index (χ3v) is 18.5. The lowest BCUT2D eigenvalue weighted by atomic mass is 9.66. The molecule has 0 saturated heterocycles. The van der Waals surface area contributed by atoms with Crippen LogP contribution in [0.2, 0.25) is 0 Å². The Balaban J connectivity index is 0.928. The fraction of sp³-hybridized carbons (Fsp3) is 0.0270. The molecule has 0 amide bonds. The number of rotatable bonds is 5. The van der Waals surface area contributed by atoms with Crippen LogP contribution >= 0.6 is 11.8 Å². The van der Waals surface area contributed by atoms with E-state index in [9.17, 15) is 0 Å². The van der Waals surface area contributed by atoms with Crippen molar-refractivity contribution in [1.29, 1.82) is 0 Å². The number of nitrogens with zero attached hydrogens (tertiary/aromatic N) is 2. The van der Waals surface area contributed by atoms with Gasteiger partial charge in [-0.25, -0.2) is 0 Å². The number of ether oxygens (including phenoxy) is 1. The van der Waals surface area contributed by atoms with Crippen LogP contribution in [0.1, 0.15) is 44.5 Å². The predicted molar refractivity (Wildman–Crippen MR) is 320 cm³/mol. The van der Waals surface area contributed by atoms with Gasteiger partial charge in [0.25, 0.3) is 0 Å². The van der Waals surface area contributed by atoms with E-state index in [-0.39, 0.29) is 0 Å². The van der Waals surface area contributed by atoms with Crippen LogP contribution in [-0.2, 0) is 10.8 Å². The first-order valence-electron chi connectivity index (χ1n) is 26.9. The van der Waals surface area contributed by atoms with Gasteiger partial charge >= 0.3 is 0 Å². The van der Waals surface area contributed by atoms with Crippen LogP contribution < -0.4 is 9.64 Å². The second kappa shape index (κ2) is 16.4. The summed E-state index contributed by atoms with van der Waals surface area (Å²) in [6.07, 6.45) is 0. The molecule has 4 heteroatoms. The normalized spacial score (nSPS) is 14.2. The van der Waals surface area contributed by atoms with Crippen molar-refractivity contribution < 1.29 is 4.74 Å². The van der Waals surface area contributed by atoms with Crippen LogP contribution in [0, 0.1) is 0 Å². The molecule has 0 N–H and O–H groups in total. The fourth-order valence-electron chi connectivity index (χ4n) is 14.4. The summed E-state index contributed by atoms with van der Waals surface area (Å²) in [7, 11) is 0. The highest BCUT2D eigenvalue weighted by atomic mass is 32.2. The van der Waals surface area contributed by atoms with Crippen LogP contribution in [0.5, 0.6) is 11.5 Å². The van der Waals surface area contributed by atoms with Gasteiger partial charge in [0.1, 0.15) is 11.5 Å². The van der Waals surface area contributed by atoms with Crippen molar-refractivity contribution in [2.75, 3.05) is 4.90 Å². The number of benzene rings is 12. The van der Waals surface area contributed by atoms with Crippen molar-refractivity contribution in [3.05, 3.63) is 324 Å². The van der Waals surface area contributed by atoms with Gasteiger partial charge in [0.15, 0.2) is 0 Å². The molecule has 78 heavy (non-hydrogen) atoms. The lowest BCUT2D eigenvalue weighted by molar-refractivity contribution is 0.436. The molecule has 17 rings (SSSR count). The first-order chi connectivity index (χ1) is 38.7. The smallest absolute Gasteiger partial charge is 0.132 e. The number of aromatic nitrogens is 1. The van der Waals surface area contributed by atoms with Gasteiger partial charge in [-0.1, -0.05) is 212 Å². The van der Waals surface area contributed by atoms with Crippen molar-refractivity contribution in [2.45, 2.75) is 20.6 Å². The van der Waals surface area contributed by atoms with Gasteiger partial charge < -0.3 is 14.2 Å². The molecule has 3 heterocycles. The zero-order valence-corrected chi connectivity index (χ0v) is 43.1. The predicted octanol–water partition coefficient (Wildman–Crippen LogP) is 19.2. The topological polar surface area (TPSA) is 17.4 Å². The zero-order chi connectivity index (χ0) is 51.1. The molecule has 2 spiro atoms. The van der Waals surface area contributed by atoms with E-state index in [1.807, 2.05) is 11.8 Å². The molecular formula is C74H46N2OS. The molecule has 3 nitrogen and oxygen atoms in total. The van der Waals surface area contributed by atoms with Crippen LogP contribution in [0.4, 0.5) is 17.1 Å². The minimum absolute atomic E-state index is 0.539. The van der Waals surface area contributed by atoms with E-state index < -0.39 is 10.8 Å². The van der Waals surface area contributed by atoms with Gasteiger partial charge in [0.05, 0.1) is 33.2 Å². The van der Waals surface area contributed by atoms with Gasteiger partial charge in [-0.2, -0.15) is 0 Å². The quantitative estimate of drug-likeness (QED) is 0.171. The van der Waals surface area contributed by atoms with Crippen LogP contribution in [0.3, 0.4) is 0 Å². The Morgan fingerprint density at radius 2 is 0.795 bits per heavy atom. The Kier molecular flexibility index (Phi) is 9.20. The Morgan fingerprint density at radius 1 is 0.333 bits per heavy atom. The maximum Gasteiger partial charge on any atom is 0.132 e. The summed E-state index contributed by atoms with van der Waals surface area (Å²) in [6.45, 7) is 0. The summed E-state index contributed by atoms with van der Waals surface area (Å²) < 4.78 is 9.19. The first-order valence-corrected chi connectivity index (χ1v) is 27.7. The molecule has 0 bridgehead atoms. The molecule has 4 aliphatic rings. The van der Waals surface area contributed by atoms with Crippen LogP contribution in [0.25, 0.3) is 60.9 Å². The molecule has 13 aromatic rings. The van der Waals surface area contributed by atoms with Crippen molar-refractivity contribution in [3.8, 4) is 50.6 Å². The van der Waals surface area contributed by atoms with Crippen molar-refractivity contribution in [2.24, 2.45) is 0 Å². The number of fused-ring (bicyclic) bond motifs is 21. The Hall–Kier alpha value is -9.61. The monoisotopic (exact) mass is 1010 g/mol. The van der Waals surface area contributed by atoms with E-state index in [0.29, 0.717) is 0 Å². The van der Waals surface area contributed by atoms with Gasteiger partial charge in [-0.15, -0.1) is 0 Å². The Bertz CT molecular complexity index is 4360. The molecule has 0 fully saturated rings. The maximum atomic E-state index is 6.80. The number of anilines is 3. The van der Waals surface area contributed by atoms with E-state index in [0.717, 1.165) is 50.9 Å². The highest BCUT2D eigenvalue weighted by Gasteiger charge is 2.54. The van der Waals surface area contributed by atoms with Crippen LogP contribution in [-0.4, -0.2) is 4.57 Å². The minimum atomic E-state index is -0.631. The zero-order valence-electron chi connectivity index (χ0n) is 42.3. The van der Waals surface area contributed by atoms with Crippen molar-refractivity contribution in [3.63, 3.8) is 0 Å². The number of para-hydroxylation sites is 4. The van der Waals surface area contributed by atoms with E-state index in [4.69, 9.17) is 4.74 Å². The second-order valence-corrected chi connectivity index (χ2v) is 22.1. The van der Waals surface area contributed by atoms with E-state index in [1.54, 1.807) is 0 Å². The number of hydrogen-bond donors (Lipinski definition) is 0. The third-order valence-electron chi connectivity index (χ3n) is 17.3. The SMILES string of the molecule is c1ccc(-n2c3ccccc3c3cc(-c4ccc(N(c5cccc6c5-c5ccccc5C65c6ccccc6Oc6ccccc65)c5cccc6c5-c5ccccc5C65c6ccccc6Sc6ccccc65)cc4)ccc32)cc1. The Labute approximate surface area is 456 Å². The summed E-state index contributed by atoms with van der Waals surface area (Å²) in [4.78, 5) is 5.16. The second-order valence-electron chi connectivity index (χ2n) is 21.0. The average Bonchev–Trinajstić information content (AvgIpc) is 4.03. The van der Waals surface area contributed by atoms with E-state index >= 15 is 0 Å². The lowest BCUT2D eigenvalue weighted by Crippen LogP contribution is -2.32. The van der Waals surface area contributed by atoms with Gasteiger partial charge in [-0.3, -0.25) is 0 Å². The molecule has 0 atom stereocenters. The molecule has 12 aromatic carbocycles. The largest absolute Gasteiger partial charge is 0.457 e. The molecule has 2 aliphatic carbocycles. The molecule has 2 aliphatic heterocycles. The van der Waals surface area contributed by atoms with Crippen LogP contribution in [0.15, 0.2) is 289 Å². The van der Waals surface area contributed by atoms with Crippen molar-refractivity contribution in [1.82, 2.24) is 4.57 Å². The van der Waals surface area contributed by atoms with E-state index in [1.165, 1.54) is 92.8 Å². The van der Waals surface area contributed by atoms with Gasteiger partial charge in [-0.05, 0) is 134 Å². The summed E-state index contributed by atoms with van der Waals surface area (Å²) in [6, 6.07) is 104. The molecule has 1 aromatic heterocycles. The molecular weight excluding hydrogens is 965 g/mol. The first kappa shape index (κ1) is 43.6. The highest BCUT2D eigenvalue weighted by Crippen LogP contribution is 2.67. The Morgan fingerprint density at radius 3 is 1.41 bits per heavy atom. The molecule has 0 radical (unpaired) electrons.